The highest BCUT2D eigenvalue weighted by Crippen LogP contribution is 2.31. The zero-order valence-electron chi connectivity index (χ0n) is 12.8. The first-order valence-electron chi connectivity index (χ1n) is 7.83. The Morgan fingerprint density at radius 1 is 1.22 bits per heavy atom. The number of ether oxygens (including phenoxy) is 1. The summed E-state index contributed by atoms with van der Waals surface area (Å²) < 4.78 is 5.48. The summed E-state index contributed by atoms with van der Waals surface area (Å²) in [5, 5.41) is 0.461. The summed E-state index contributed by atoms with van der Waals surface area (Å²) in [6.07, 6.45) is 4.49. The van der Waals surface area contributed by atoms with Gasteiger partial charge in [-0.15, -0.1) is 0 Å². The summed E-state index contributed by atoms with van der Waals surface area (Å²) in [5.74, 6) is 0. The van der Waals surface area contributed by atoms with Crippen LogP contribution in [0.1, 0.15) is 36.4 Å². The zero-order valence-corrected chi connectivity index (χ0v) is 13.6. The van der Waals surface area contributed by atoms with Crippen LogP contribution in [0, 0.1) is 0 Å². The molecule has 0 unspecified atom stereocenters. The van der Waals surface area contributed by atoms with Crippen molar-refractivity contribution in [2.24, 2.45) is 0 Å². The van der Waals surface area contributed by atoms with Crippen molar-refractivity contribution < 1.29 is 9.53 Å². The van der Waals surface area contributed by atoms with Crippen LogP contribution in [0.5, 0.6) is 0 Å². The number of nitrogens with zero attached hydrogens (tertiary/aromatic N) is 2. The summed E-state index contributed by atoms with van der Waals surface area (Å²) in [6.45, 7) is 1.00. The van der Waals surface area contributed by atoms with E-state index in [0.717, 1.165) is 30.4 Å². The van der Waals surface area contributed by atoms with E-state index in [1.807, 2.05) is 36.4 Å². The number of carbonyl (C=O) groups excluding carboxylic acids is 1. The molecule has 23 heavy (non-hydrogen) atoms. The standard InChI is InChI=1S/C18H19ClN2O2/c19-17-10-9-15(12-20-17)16-8-4-5-11-21(16)18(22)23-13-14-6-2-1-3-7-14/h1-3,6-7,9-10,12,16H,4-5,8,11,13H2/t16-/m0/s1. The second kappa shape index (κ2) is 7.47. The van der Waals surface area contributed by atoms with Gasteiger partial charge in [-0.05, 0) is 36.5 Å². The maximum Gasteiger partial charge on any atom is 0.410 e. The third-order valence-corrected chi connectivity index (χ3v) is 4.30. The molecule has 1 fully saturated rings. The van der Waals surface area contributed by atoms with E-state index in [1.165, 1.54) is 0 Å². The van der Waals surface area contributed by atoms with E-state index in [4.69, 9.17) is 16.3 Å². The molecule has 1 amide bonds. The van der Waals surface area contributed by atoms with Crippen LogP contribution in [-0.4, -0.2) is 22.5 Å². The molecule has 1 saturated heterocycles. The first-order chi connectivity index (χ1) is 11.2. The molecular formula is C18H19ClN2O2. The van der Waals surface area contributed by atoms with Crippen molar-refractivity contribution in [2.75, 3.05) is 6.54 Å². The lowest BCUT2D eigenvalue weighted by Gasteiger charge is -2.35. The Hall–Kier alpha value is -2.07. The van der Waals surface area contributed by atoms with Gasteiger partial charge in [0.15, 0.2) is 0 Å². The molecule has 0 N–H and O–H groups in total. The number of benzene rings is 1. The third-order valence-electron chi connectivity index (χ3n) is 4.08. The largest absolute Gasteiger partial charge is 0.445 e. The summed E-state index contributed by atoms with van der Waals surface area (Å²) in [4.78, 5) is 18.4. The lowest BCUT2D eigenvalue weighted by Crippen LogP contribution is -2.38. The van der Waals surface area contributed by atoms with Crippen LogP contribution in [0.2, 0.25) is 5.15 Å². The van der Waals surface area contributed by atoms with E-state index < -0.39 is 0 Å². The van der Waals surface area contributed by atoms with Crippen LogP contribution >= 0.6 is 11.6 Å². The van der Waals surface area contributed by atoms with Crippen LogP contribution in [0.4, 0.5) is 4.79 Å². The predicted octanol–water partition coefficient (Wildman–Crippen LogP) is 4.60. The van der Waals surface area contributed by atoms with E-state index in [2.05, 4.69) is 4.98 Å². The lowest BCUT2D eigenvalue weighted by atomic mass is 9.97. The molecule has 1 aromatic heterocycles. The Labute approximate surface area is 141 Å². The second-order valence-electron chi connectivity index (χ2n) is 5.66. The number of carbonyl (C=O) groups is 1. The van der Waals surface area contributed by atoms with Crippen LogP contribution in [0.25, 0.3) is 0 Å². The van der Waals surface area contributed by atoms with Crippen LogP contribution < -0.4 is 0 Å². The average molecular weight is 331 g/mol. The van der Waals surface area contributed by atoms with E-state index in [-0.39, 0.29) is 12.1 Å². The minimum absolute atomic E-state index is 0.0109. The highest BCUT2D eigenvalue weighted by atomic mass is 35.5. The summed E-state index contributed by atoms with van der Waals surface area (Å²) in [6, 6.07) is 13.4. The first-order valence-corrected chi connectivity index (χ1v) is 8.20. The fraction of sp³-hybridized carbons (Fsp3) is 0.333. The number of rotatable bonds is 3. The van der Waals surface area contributed by atoms with Crippen molar-refractivity contribution in [2.45, 2.75) is 31.9 Å². The minimum atomic E-state index is -0.270. The molecule has 2 heterocycles. The van der Waals surface area contributed by atoms with E-state index in [0.29, 0.717) is 18.3 Å². The van der Waals surface area contributed by atoms with Crippen molar-refractivity contribution in [3.8, 4) is 0 Å². The normalized spacial score (nSPS) is 17.8. The highest BCUT2D eigenvalue weighted by molar-refractivity contribution is 6.29. The van der Waals surface area contributed by atoms with Gasteiger partial charge in [0.2, 0.25) is 0 Å². The number of aromatic nitrogens is 1. The van der Waals surface area contributed by atoms with Crippen molar-refractivity contribution >= 4 is 17.7 Å². The number of hydrogen-bond donors (Lipinski definition) is 0. The molecule has 0 bridgehead atoms. The molecule has 0 aliphatic carbocycles. The number of pyridine rings is 1. The average Bonchev–Trinajstić information content (AvgIpc) is 2.61. The Balaban J connectivity index is 1.68. The third kappa shape index (κ3) is 4.02. The quantitative estimate of drug-likeness (QED) is 0.772. The molecule has 1 aliphatic rings. The molecule has 3 rings (SSSR count). The van der Waals surface area contributed by atoms with Crippen LogP contribution in [0.15, 0.2) is 48.7 Å². The van der Waals surface area contributed by atoms with E-state index in [1.54, 1.807) is 17.2 Å². The van der Waals surface area contributed by atoms with Crippen LogP contribution in [-0.2, 0) is 11.3 Å². The monoisotopic (exact) mass is 330 g/mol. The smallest absolute Gasteiger partial charge is 0.410 e. The van der Waals surface area contributed by atoms with Gasteiger partial charge < -0.3 is 9.64 Å². The van der Waals surface area contributed by atoms with Crippen molar-refractivity contribution in [3.63, 3.8) is 0 Å². The van der Waals surface area contributed by atoms with Gasteiger partial charge in [0.1, 0.15) is 11.8 Å². The molecule has 120 valence electrons. The molecule has 0 spiro atoms. The van der Waals surface area contributed by atoms with Gasteiger partial charge in [-0.25, -0.2) is 9.78 Å². The molecule has 2 aromatic rings. The van der Waals surface area contributed by atoms with E-state index in [9.17, 15) is 4.79 Å². The van der Waals surface area contributed by atoms with Gasteiger partial charge in [-0.3, -0.25) is 0 Å². The molecule has 1 aliphatic heterocycles. The van der Waals surface area contributed by atoms with Crippen molar-refractivity contribution in [1.29, 1.82) is 0 Å². The summed E-state index contributed by atoms with van der Waals surface area (Å²) >= 11 is 5.85. The molecule has 5 heteroatoms. The van der Waals surface area contributed by atoms with Gasteiger partial charge in [0.05, 0.1) is 6.04 Å². The van der Waals surface area contributed by atoms with Gasteiger partial charge in [-0.1, -0.05) is 48.0 Å². The number of piperidine rings is 1. The maximum atomic E-state index is 12.5. The molecule has 4 nitrogen and oxygen atoms in total. The molecule has 1 aromatic carbocycles. The van der Waals surface area contributed by atoms with Gasteiger partial charge >= 0.3 is 6.09 Å². The number of halogens is 1. The Morgan fingerprint density at radius 2 is 2.04 bits per heavy atom. The first kappa shape index (κ1) is 15.8. The zero-order chi connectivity index (χ0) is 16.1. The van der Waals surface area contributed by atoms with E-state index >= 15 is 0 Å². The summed E-state index contributed by atoms with van der Waals surface area (Å²) in [7, 11) is 0. The van der Waals surface area contributed by atoms with Gasteiger partial charge in [0, 0.05) is 12.7 Å². The Bertz CT molecular complexity index is 646. The second-order valence-corrected chi connectivity index (χ2v) is 6.05. The van der Waals surface area contributed by atoms with Gasteiger partial charge in [0.25, 0.3) is 0 Å². The molecule has 0 radical (unpaired) electrons. The Kier molecular flexibility index (Phi) is 5.13. The highest BCUT2D eigenvalue weighted by Gasteiger charge is 2.29. The van der Waals surface area contributed by atoms with Crippen molar-refractivity contribution in [3.05, 3.63) is 64.9 Å². The van der Waals surface area contributed by atoms with Gasteiger partial charge in [-0.2, -0.15) is 0 Å². The maximum absolute atomic E-state index is 12.5. The number of likely N-dealkylation sites (tertiary alicyclic amines) is 1. The predicted molar refractivity (Wildman–Crippen MR) is 89.2 cm³/mol. The van der Waals surface area contributed by atoms with Crippen molar-refractivity contribution in [1.82, 2.24) is 9.88 Å². The molecule has 0 saturated carbocycles. The number of hydrogen-bond acceptors (Lipinski definition) is 3. The Morgan fingerprint density at radius 3 is 2.78 bits per heavy atom. The fourth-order valence-corrected chi connectivity index (χ4v) is 3.00. The molecular weight excluding hydrogens is 312 g/mol. The molecule has 1 atom stereocenters. The fourth-order valence-electron chi connectivity index (χ4n) is 2.88. The topological polar surface area (TPSA) is 42.4 Å². The minimum Gasteiger partial charge on any atom is -0.445 e. The lowest BCUT2D eigenvalue weighted by molar-refractivity contribution is 0.0678. The number of amides is 1. The SMILES string of the molecule is O=C(OCc1ccccc1)N1CCCC[C@H]1c1ccc(Cl)nc1. The summed E-state index contributed by atoms with van der Waals surface area (Å²) in [5.41, 5.74) is 1.99. The van der Waals surface area contributed by atoms with Crippen LogP contribution in [0.3, 0.4) is 0 Å².